The Labute approximate surface area is 68.9 Å². The standard InChI is InChI=1S/Ca.4O.Os.2H/q+2;;;;;;2*-1. The predicted octanol–water partition coefficient (Wildman–Crippen LogP) is -0.634. The number of hydrogen-bond donors (Lipinski definition) is 0. The molecule has 0 N–H and O–H groups in total. The molecule has 0 bridgehead atoms. The summed E-state index contributed by atoms with van der Waals surface area (Å²) in [6.45, 7) is 0. The van der Waals surface area contributed by atoms with Crippen LogP contribution in [0.5, 0.6) is 0 Å². The molecule has 0 aliphatic rings. The van der Waals surface area contributed by atoms with Gasteiger partial charge >= 0.3 is 66.7 Å². The van der Waals surface area contributed by atoms with Crippen LogP contribution in [0.4, 0.5) is 0 Å². The van der Waals surface area contributed by atoms with Gasteiger partial charge in [-0.15, -0.1) is 0 Å². The maximum absolute atomic E-state index is 8.63. The van der Waals surface area contributed by atoms with Gasteiger partial charge in [0.1, 0.15) is 0 Å². The molecule has 0 amide bonds. The summed E-state index contributed by atoms with van der Waals surface area (Å²) in [6, 6.07) is 0. The molecule has 0 aromatic rings. The van der Waals surface area contributed by atoms with E-state index in [9.17, 15) is 0 Å². The Morgan fingerprint density at radius 2 is 1.00 bits per heavy atom. The van der Waals surface area contributed by atoms with Gasteiger partial charge in [0.25, 0.3) is 0 Å². The quantitative estimate of drug-likeness (QED) is 0.558. The second kappa shape index (κ2) is 3.14. The van der Waals surface area contributed by atoms with E-state index in [2.05, 4.69) is 0 Å². The molecule has 0 aromatic heterocycles. The second-order valence-corrected chi connectivity index (χ2v) is 2.89. The minimum absolute atomic E-state index is 0. The van der Waals surface area contributed by atoms with Crippen molar-refractivity contribution in [3.8, 4) is 0 Å². The van der Waals surface area contributed by atoms with Crippen LogP contribution < -0.4 is 0 Å². The van der Waals surface area contributed by atoms with Gasteiger partial charge in [-0.2, -0.15) is 0 Å². The van der Waals surface area contributed by atoms with Gasteiger partial charge in [-0.05, 0) is 0 Å². The van der Waals surface area contributed by atoms with Crippen molar-refractivity contribution in [2.75, 3.05) is 0 Å². The predicted molar refractivity (Wildman–Crippen MR) is 10.7 cm³/mol. The van der Waals surface area contributed by atoms with E-state index in [1.807, 2.05) is 0 Å². The van der Waals surface area contributed by atoms with Crippen LogP contribution in [-0.2, 0) is 29.0 Å². The van der Waals surface area contributed by atoms with Crippen LogP contribution in [0.2, 0.25) is 0 Å². The molecule has 0 heterocycles. The fraction of sp³-hybridized carbons (Fsp3) is 0. The summed E-state index contributed by atoms with van der Waals surface area (Å²) in [5.41, 5.74) is 0. The van der Waals surface area contributed by atoms with Crippen molar-refractivity contribution in [2.45, 2.75) is 0 Å². The molecule has 0 rings (SSSR count). The van der Waals surface area contributed by atoms with Crippen molar-refractivity contribution in [3.05, 3.63) is 0 Å². The third kappa shape index (κ3) is 71.2. The summed E-state index contributed by atoms with van der Waals surface area (Å²) < 4.78 is 34.5. The molecule has 6 heteroatoms. The Balaban J connectivity index is -0.0000000267. The van der Waals surface area contributed by atoms with Crippen molar-refractivity contribution in [1.82, 2.24) is 0 Å². The van der Waals surface area contributed by atoms with Crippen LogP contribution in [0.1, 0.15) is 2.85 Å². The molecule has 0 spiro atoms. The zero-order valence-electron chi connectivity index (χ0n) is 4.69. The maximum atomic E-state index is 8.63. The first-order valence-corrected chi connectivity index (χ1v) is 4.73. The van der Waals surface area contributed by atoms with Crippen LogP contribution >= 0.6 is 0 Å². The molecule has 36 valence electrons. The zero-order chi connectivity index (χ0) is 4.50. The van der Waals surface area contributed by atoms with E-state index in [0.29, 0.717) is 0 Å². The van der Waals surface area contributed by atoms with Crippen LogP contribution in [-0.4, -0.2) is 37.7 Å². The van der Waals surface area contributed by atoms with E-state index in [4.69, 9.17) is 14.2 Å². The molecule has 0 atom stereocenters. The van der Waals surface area contributed by atoms with Gasteiger partial charge in [0, 0.05) is 0 Å². The van der Waals surface area contributed by atoms with Crippen LogP contribution in [0.25, 0.3) is 0 Å². The summed E-state index contributed by atoms with van der Waals surface area (Å²) in [5.74, 6) is 0. The van der Waals surface area contributed by atoms with Crippen LogP contribution in [0.3, 0.4) is 0 Å². The Hall–Kier alpha value is 1.10. The normalized spacial score (nSPS) is 9.33. The van der Waals surface area contributed by atoms with Gasteiger partial charge in [0.15, 0.2) is 0 Å². The molecule has 0 saturated carbocycles. The Morgan fingerprint density at radius 1 is 1.00 bits per heavy atom. The molecule has 0 radical (unpaired) electrons. The monoisotopic (exact) mass is 298 g/mol. The molecule has 0 aliphatic carbocycles. The van der Waals surface area contributed by atoms with E-state index in [1.165, 1.54) is 0 Å². The summed E-state index contributed by atoms with van der Waals surface area (Å²) >= 11 is -6.06. The first-order chi connectivity index (χ1) is 2.00. The summed E-state index contributed by atoms with van der Waals surface area (Å²) in [4.78, 5) is 0. The number of rotatable bonds is 0. The Morgan fingerprint density at radius 3 is 1.00 bits per heavy atom. The van der Waals surface area contributed by atoms with Gasteiger partial charge in [-0.1, -0.05) is 0 Å². The molecule has 0 aliphatic heterocycles. The van der Waals surface area contributed by atoms with Gasteiger partial charge in [-0.25, -0.2) is 0 Å². The summed E-state index contributed by atoms with van der Waals surface area (Å²) in [6.07, 6.45) is 0. The molecule has 0 unspecified atom stereocenters. The fourth-order valence-electron chi connectivity index (χ4n) is 0. The average molecular weight is 296 g/mol. The van der Waals surface area contributed by atoms with E-state index in [-0.39, 0.29) is 40.6 Å². The van der Waals surface area contributed by atoms with E-state index >= 15 is 0 Å². The zero-order valence-corrected chi connectivity index (χ0v) is 7.44. The van der Waals surface area contributed by atoms with E-state index in [1.54, 1.807) is 0 Å². The van der Waals surface area contributed by atoms with Crippen molar-refractivity contribution >= 4 is 37.7 Å². The summed E-state index contributed by atoms with van der Waals surface area (Å²) in [5, 5.41) is 0. The first kappa shape index (κ1) is 10.2. The molecule has 6 heavy (non-hydrogen) atoms. The first-order valence-electron chi connectivity index (χ1n) is 0.577. The second-order valence-electron chi connectivity index (χ2n) is 0.354. The molecule has 0 fully saturated rings. The number of hydrogen-bond acceptors (Lipinski definition) is 4. The van der Waals surface area contributed by atoms with Gasteiger partial charge in [-0.3, -0.25) is 0 Å². The SMILES string of the molecule is [Ca+2].[H-].[H-].[O]=[Os](=[O])(=[O])=[O]. The molecular formula is H2CaO4Os. The van der Waals surface area contributed by atoms with Crippen molar-refractivity contribution in [1.29, 1.82) is 0 Å². The molecule has 0 saturated heterocycles. The topological polar surface area (TPSA) is 68.3 Å². The molecule has 0 aromatic carbocycles. The Kier molecular flexibility index (Phi) is 5.32. The van der Waals surface area contributed by atoms with Gasteiger partial charge in [0.05, 0.1) is 0 Å². The molecule has 4 nitrogen and oxygen atoms in total. The third-order valence-corrected chi connectivity index (χ3v) is 0. The third-order valence-electron chi connectivity index (χ3n) is 0. The minimum atomic E-state index is -6.06. The van der Waals surface area contributed by atoms with Crippen molar-refractivity contribution in [2.24, 2.45) is 0 Å². The van der Waals surface area contributed by atoms with Crippen LogP contribution in [0, 0.1) is 0 Å². The van der Waals surface area contributed by atoms with E-state index in [0.717, 1.165) is 0 Å². The fourth-order valence-corrected chi connectivity index (χ4v) is 0. The average Bonchev–Trinajstić information content (AvgIpc) is 0.722. The van der Waals surface area contributed by atoms with Gasteiger partial charge < -0.3 is 2.85 Å². The van der Waals surface area contributed by atoms with Crippen molar-refractivity contribution < 1.29 is 31.8 Å². The molecular weight excluding hydrogens is 294 g/mol. The van der Waals surface area contributed by atoms with Crippen LogP contribution in [0.15, 0.2) is 0 Å². The summed E-state index contributed by atoms with van der Waals surface area (Å²) in [7, 11) is 0. The van der Waals surface area contributed by atoms with E-state index < -0.39 is 14.8 Å². The van der Waals surface area contributed by atoms with Crippen molar-refractivity contribution in [3.63, 3.8) is 0 Å². The van der Waals surface area contributed by atoms with Gasteiger partial charge in [0.2, 0.25) is 0 Å². The Bertz CT molecular complexity index is 165.